The van der Waals surface area contributed by atoms with Crippen molar-refractivity contribution in [3.8, 4) is 5.75 Å². The van der Waals surface area contributed by atoms with Crippen LogP contribution in [0.15, 0.2) is 42.5 Å². The summed E-state index contributed by atoms with van der Waals surface area (Å²) in [5.74, 6) is 1.63. The van der Waals surface area contributed by atoms with Gasteiger partial charge in [-0.05, 0) is 54.7 Å². The molecule has 0 unspecified atom stereocenters. The first-order valence-corrected chi connectivity index (χ1v) is 14.1. The molecule has 1 aliphatic rings. The summed E-state index contributed by atoms with van der Waals surface area (Å²) in [6, 6.07) is 12.8. The van der Waals surface area contributed by atoms with E-state index in [2.05, 4.69) is 5.32 Å². The zero-order chi connectivity index (χ0) is 25.2. The molecule has 0 spiro atoms. The van der Waals surface area contributed by atoms with Crippen LogP contribution in [-0.2, 0) is 21.9 Å². The number of hydrogen-bond donors (Lipinski definition) is 1. The lowest BCUT2D eigenvalue weighted by Crippen LogP contribution is -2.52. The van der Waals surface area contributed by atoms with Crippen molar-refractivity contribution >= 4 is 46.8 Å². The van der Waals surface area contributed by atoms with Gasteiger partial charge in [0.1, 0.15) is 11.8 Å². The Morgan fingerprint density at radius 2 is 1.74 bits per heavy atom. The number of halogens is 2. The van der Waals surface area contributed by atoms with Crippen LogP contribution in [0.25, 0.3) is 0 Å². The summed E-state index contributed by atoms with van der Waals surface area (Å²) in [5.41, 5.74) is 1.96. The molecule has 1 saturated carbocycles. The molecular weight excluding hydrogens is 503 g/mol. The van der Waals surface area contributed by atoms with Crippen LogP contribution in [-0.4, -0.2) is 41.7 Å². The van der Waals surface area contributed by atoms with E-state index in [1.165, 1.54) is 18.2 Å². The van der Waals surface area contributed by atoms with E-state index in [1.54, 1.807) is 24.1 Å². The summed E-state index contributed by atoms with van der Waals surface area (Å²) in [5, 5.41) is 4.10. The molecular formula is C27H34Cl2N2O3S. The van der Waals surface area contributed by atoms with Crippen LogP contribution in [0.5, 0.6) is 5.75 Å². The first kappa shape index (κ1) is 27.7. The first-order chi connectivity index (χ1) is 16.9. The smallest absolute Gasteiger partial charge is 0.243 e. The fraction of sp³-hybridized carbons (Fsp3) is 0.481. The lowest BCUT2D eigenvalue weighted by atomic mass is 9.95. The largest absolute Gasteiger partial charge is 0.497 e. The summed E-state index contributed by atoms with van der Waals surface area (Å²) in [6.07, 6.45) is 6.03. The van der Waals surface area contributed by atoms with Gasteiger partial charge < -0.3 is 15.0 Å². The zero-order valence-electron chi connectivity index (χ0n) is 20.4. The normalized spacial score (nSPS) is 14.9. The highest BCUT2D eigenvalue weighted by Gasteiger charge is 2.30. The zero-order valence-corrected chi connectivity index (χ0v) is 22.7. The second-order valence-corrected chi connectivity index (χ2v) is 10.7. The van der Waals surface area contributed by atoms with Crippen LogP contribution >= 0.6 is 35.0 Å². The highest BCUT2D eigenvalue weighted by atomic mass is 35.5. The molecule has 35 heavy (non-hydrogen) atoms. The monoisotopic (exact) mass is 536 g/mol. The molecule has 2 aromatic rings. The number of thioether (sulfide) groups is 1. The van der Waals surface area contributed by atoms with Crippen LogP contribution in [0.2, 0.25) is 10.0 Å². The molecule has 3 rings (SSSR count). The highest BCUT2D eigenvalue weighted by molar-refractivity contribution is 7.99. The van der Waals surface area contributed by atoms with Crippen molar-refractivity contribution in [2.24, 2.45) is 0 Å². The second-order valence-electron chi connectivity index (χ2n) is 8.88. The Labute approximate surface area is 222 Å². The van der Waals surface area contributed by atoms with Crippen molar-refractivity contribution in [2.75, 3.05) is 12.9 Å². The first-order valence-electron chi connectivity index (χ1n) is 12.2. The van der Waals surface area contributed by atoms with Crippen molar-refractivity contribution in [1.82, 2.24) is 10.2 Å². The molecule has 2 aromatic carbocycles. The average molecular weight is 538 g/mol. The van der Waals surface area contributed by atoms with Gasteiger partial charge in [0.15, 0.2) is 0 Å². The minimum Gasteiger partial charge on any atom is -0.497 e. The topological polar surface area (TPSA) is 58.6 Å². The van der Waals surface area contributed by atoms with E-state index < -0.39 is 6.04 Å². The summed E-state index contributed by atoms with van der Waals surface area (Å²) in [7, 11) is 1.64. The number of carbonyl (C=O) groups is 2. The van der Waals surface area contributed by atoms with E-state index in [9.17, 15) is 9.59 Å². The minimum atomic E-state index is -0.541. The lowest BCUT2D eigenvalue weighted by molar-refractivity contribution is -0.139. The van der Waals surface area contributed by atoms with Crippen LogP contribution in [0, 0.1) is 0 Å². The molecule has 0 radical (unpaired) electrons. The number of benzene rings is 2. The molecule has 0 bridgehead atoms. The SMILES string of the molecule is CC[C@@H](C(=O)NC1CCCCC1)N(Cc1ccc(Cl)c(Cl)c1)C(=O)CSCc1ccc(OC)cc1. The van der Waals surface area contributed by atoms with Gasteiger partial charge >= 0.3 is 0 Å². The maximum atomic E-state index is 13.4. The summed E-state index contributed by atoms with van der Waals surface area (Å²) in [6.45, 7) is 2.25. The van der Waals surface area contributed by atoms with E-state index >= 15 is 0 Å². The Kier molecular flexibility index (Phi) is 11.1. The van der Waals surface area contributed by atoms with Gasteiger partial charge in [0.2, 0.25) is 11.8 Å². The van der Waals surface area contributed by atoms with Crippen molar-refractivity contribution < 1.29 is 14.3 Å². The fourth-order valence-corrected chi connectivity index (χ4v) is 5.55. The Morgan fingerprint density at radius 3 is 2.37 bits per heavy atom. The third kappa shape index (κ3) is 8.33. The van der Waals surface area contributed by atoms with Crippen molar-refractivity contribution in [2.45, 2.75) is 69.8 Å². The van der Waals surface area contributed by atoms with Crippen LogP contribution in [0.1, 0.15) is 56.6 Å². The Balaban J connectivity index is 1.70. The van der Waals surface area contributed by atoms with Crippen molar-refractivity contribution in [3.63, 3.8) is 0 Å². The van der Waals surface area contributed by atoms with Gasteiger partial charge in [0.25, 0.3) is 0 Å². The van der Waals surface area contributed by atoms with Crippen molar-refractivity contribution in [1.29, 1.82) is 0 Å². The fourth-order valence-electron chi connectivity index (χ4n) is 4.36. The molecule has 0 heterocycles. The molecule has 190 valence electrons. The Hall–Kier alpha value is -1.89. The maximum absolute atomic E-state index is 13.4. The van der Waals surface area contributed by atoms with Gasteiger partial charge in [0.05, 0.1) is 22.9 Å². The number of ether oxygens (including phenoxy) is 1. The van der Waals surface area contributed by atoms with E-state index in [4.69, 9.17) is 27.9 Å². The number of methoxy groups -OCH3 is 1. The quantitative estimate of drug-likeness (QED) is 0.356. The lowest BCUT2D eigenvalue weighted by Gasteiger charge is -2.33. The molecule has 0 saturated heterocycles. The van der Waals surface area contributed by atoms with Gasteiger partial charge in [-0.3, -0.25) is 9.59 Å². The molecule has 1 fully saturated rings. The van der Waals surface area contributed by atoms with E-state index in [0.717, 1.165) is 42.6 Å². The van der Waals surface area contributed by atoms with Crippen LogP contribution < -0.4 is 10.1 Å². The molecule has 1 N–H and O–H groups in total. The Morgan fingerprint density at radius 1 is 1.06 bits per heavy atom. The molecule has 8 heteroatoms. The van der Waals surface area contributed by atoms with Gasteiger partial charge in [-0.2, -0.15) is 0 Å². The minimum absolute atomic E-state index is 0.0692. The Bertz CT molecular complexity index is 981. The van der Waals surface area contributed by atoms with Gasteiger partial charge in [-0.25, -0.2) is 0 Å². The highest BCUT2D eigenvalue weighted by Crippen LogP contribution is 2.25. The number of hydrogen-bond acceptors (Lipinski definition) is 4. The van der Waals surface area contributed by atoms with Gasteiger partial charge in [0, 0.05) is 18.3 Å². The summed E-state index contributed by atoms with van der Waals surface area (Å²) in [4.78, 5) is 28.4. The standard InChI is InChI=1S/C27H34Cl2N2O3S/c1-3-25(27(33)30-21-7-5-4-6-8-21)31(16-20-11-14-23(28)24(29)15-20)26(32)18-35-17-19-9-12-22(34-2)13-10-19/h9-15,21,25H,3-8,16-18H2,1-2H3,(H,30,33)/t25-/m0/s1. The number of nitrogens with one attached hydrogen (secondary N) is 1. The maximum Gasteiger partial charge on any atom is 0.243 e. The summed E-state index contributed by atoms with van der Waals surface area (Å²) >= 11 is 13.9. The molecule has 2 amide bonds. The van der Waals surface area contributed by atoms with Gasteiger partial charge in [-0.15, -0.1) is 11.8 Å². The molecule has 0 aromatic heterocycles. The predicted octanol–water partition coefficient (Wildman–Crippen LogP) is 6.49. The number of rotatable bonds is 11. The van der Waals surface area contributed by atoms with Gasteiger partial charge in [-0.1, -0.05) is 67.6 Å². The number of carbonyl (C=O) groups excluding carboxylic acids is 2. The third-order valence-corrected chi connectivity index (χ3v) is 8.06. The molecule has 1 aliphatic carbocycles. The molecule has 0 aliphatic heterocycles. The van der Waals surface area contributed by atoms with E-state index in [1.807, 2.05) is 37.3 Å². The van der Waals surface area contributed by atoms with E-state index in [0.29, 0.717) is 28.8 Å². The summed E-state index contributed by atoms with van der Waals surface area (Å²) < 4.78 is 5.21. The predicted molar refractivity (Wildman–Crippen MR) is 145 cm³/mol. The van der Waals surface area contributed by atoms with Crippen LogP contribution in [0.4, 0.5) is 0 Å². The number of amides is 2. The molecule has 1 atom stereocenters. The second kappa shape index (κ2) is 14.0. The molecule has 5 nitrogen and oxygen atoms in total. The average Bonchev–Trinajstić information content (AvgIpc) is 2.87. The third-order valence-electron chi connectivity index (χ3n) is 6.33. The number of nitrogens with zero attached hydrogens (tertiary/aromatic N) is 1. The van der Waals surface area contributed by atoms with Crippen LogP contribution in [0.3, 0.4) is 0 Å². The van der Waals surface area contributed by atoms with Crippen molar-refractivity contribution in [3.05, 3.63) is 63.6 Å². The van der Waals surface area contributed by atoms with E-state index in [-0.39, 0.29) is 23.6 Å².